The number of nitrogens with one attached hydrogen (secondary N) is 1. The Morgan fingerprint density at radius 3 is 2.28 bits per heavy atom. The van der Waals surface area contributed by atoms with Crippen LogP contribution in [0.5, 0.6) is 0 Å². The molecule has 0 unspecified atom stereocenters. The molecule has 8 nitrogen and oxygen atoms in total. The summed E-state index contributed by atoms with van der Waals surface area (Å²) in [7, 11) is -5.56. The van der Waals surface area contributed by atoms with E-state index in [0.29, 0.717) is 11.6 Å². The normalized spacial score (nSPS) is 13.1. The number of rotatable bonds is 6. The highest BCUT2D eigenvalue weighted by atomic mass is 32.2. The first-order valence-electron chi connectivity index (χ1n) is 5.10. The van der Waals surface area contributed by atoms with Crippen molar-refractivity contribution in [2.45, 2.75) is 13.5 Å². The van der Waals surface area contributed by atoms with Gasteiger partial charge in [0.05, 0.1) is 18.1 Å². The summed E-state index contributed by atoms with van der Waals surface area (Å²) in [4.78, 5) is 3.98. The molecule has 0 amide bonds. The lowest BCUT2D eigenvalue weighted by Crippen LogP contribution is -2.31. The molecule has 0 saturated carbocycles. The fourth-order valence-electron chi connectivity index (χ4n) is 1.17. The second kappa shape index (κ2) is 5.33. The minimum absolute atomic E-state index is 0.0104. The fraction of sp³-hybridized carbons (Fsp3) is 0.750. The van der Waals surface area contributed by atoms with Gasteiger partial charge in [0.15, 0.2) is 5.82 Å². The standard InChI is InChI=1S/C8H16N4O4S2/c1-7-9-8(11-10-7)6-12(2)18(15,16)5-4-17(3,13)14/h4-6H2,1-3H3,(H,9,10,11). The van der Waals surface area contributed by atoms with Crippen LogP contribution in [0.2, 0.25) is 0 Å². The number of aryl methyl sites for hydroxylation is 1. The zero-order valence-corrected chi connectivity index (χ0v) is 12.0. The van der Waals surface area contributed by atoms with Crippen molar-refractivity contribution in [2.75, 3.05) is 24.8 Å². The topological polar surface area (TPSA) is 113 Å². The van der Waals surface area contributed by atoms with Crippen molar-refractivity contribution in [3.05, 3.63) is 11.6 Å². The highest BCUT2D eigenvalue weighted by Gasteiger charge is 2.21. The molecule has 10 heteroatoms. The average molecular weight is 296 g/mol. The number of aromatic amines is 1. The van der Waals surface area contributed by atoms with Crippen LogP contribution in [0.15, 0.2) is 0 Å². The maximum Gasteiger partial charge on any atom is 0.215 e. The summed E-state index contributed by atoms with van der Waals surface area (Å²) in [5.41, 5.74) is 0. The Bertz CT molecular complexity index is 605. The largest absolute Gasteiger partial charge is 0.263 e. The van der Waals surface area contributed by atoms with Crippen LogP contribution in [0.3, 0.4) is 0 Å². The van der Waals surface area contributed by atoms with Crippen molar-refractivity contribution >= 4 is 19.9 Å². The molecule has 0 aliphatic heterocycles. The number of hydrogen-bond donors (Lipinski definition) is 1. The summed E-state index contributed by atoms with van der Waals surface area (Å²) in [6.07, 6.45) is 1.00. The first-order chi connectivity index (χ1) is 8.10. The van der Waals surface area contributed by atoms with Gasteiger partial charge in [0, 0.05) is 13.3 Å². The highest BCUT2D eigenvalue weighted by molar-refractivity contribution is 7.93. The molecule has 1 N–H and O–H groups in total. The second-order valence-corrected chi connectivity index (χ2v) is 8.49. The van der Waals surface area contributed by atoms with Gasteiger partial charge in [0.1, 0.15) is 15.7 Å². The van der Waals surface area contributed by atoms with Crippen LogP contribution in [0, 0.1) is 6.92 Å². The Labute approximate surface area is 106 Å². The van der Waals surface area contributed by atoms with Crippen LogP contribution in [-0.2, 0) is 26.4 Å². The molecule has 0 radical (unpaired) electrons. The van der Waals surface area contributed by atoms with E-state index in [1.54, 1.807) is 6.92 Å². The van der Waals surface area contributed by atoms with E-state index in [2.05, 4.69) is 15.2 Å². The molecule has 1 aromatic rings. The minimum atomic E-state index is -3.62. The number of hydrogen-bond acceptors (Lipinski definition) is 6. The van der Waals surface area contributed by atoms with E-state index >= 15 is 0 Å². The SMILES string of the molecule is Cc1nc(CN(C)S(=O)(=O)CCS(C)(=O)=O)n[nH]1. The van der Waals surface area contributed by atoms with Gasteiger partial charge < -0.3 is 0 Å². The van der Waals surface area contributed by atoms with E-state index in [1.165, 1.54) is 7.05 Å². The van der Waals surface area contributed by atoms with Gasteiger partial charge in [-0.3, -0.25) is 5.10 Å². The van der Waals surface area contributed by atoms with Gasteiger partial charge in [0.2, 0.25) is 10.0 Å². The first-order valence-corrected chi connectivity index (χ1v) is 8.77. The van der Waals surface area contributed by atoms with E-state index in [1.807, 2.05) is 0 Å². The molecule has 18 heavy (non-hydrogen) atoms. The number of sulfone groups is 1. The highest BCUT2D eigenvalue weighted by Crippen LogP contribution is 2.04. The molecule has 0 saturated heterocycles. The molecular weight excluding hydrogens is 280 g/mol. The van der Waals surface area contributed by atoms with Crippen molar-refractivity contribution in [1.29, 1.82) is 0 Å². The predicted molar refractivity (Wildman–Crippen MR) is 66.1 cm³/mol. The predicted octanol–water partition coefficient (Wildman–Crippen LogP) is -1.08. The Morgan fingerprint density at radius 2 is 1.83 bits per heavy atom. The Morgan fingerprint density at radius 1 is 1.22 bits per heavy atom. The van der Waals surface area contributed by atoms with Crippen LogP contribution < -0.4 is 0 Å². The average Bonchev–Trinajstić information content (AvgIpc) is 2.60. The lowest BCUT2D eigenvalue weighted by Gasteiger charge is -2.14. The van der Waals surface area contributed by atoms with Crippen LogP contribution in [0.1, 0.15) is 11.6 Å². The number of H-pyrrole nitrogens is 1. The zero-order valence-electron chi connectivity index (χ0n) is 10.4. The summed E-state index contributed by atoms with van der Waals surface area (Å²) in [5, 5.41) is 6.42. The molecule has 0 fully saturated rings. The molecule has 0 bridgehead atoms. The van der Waals surface area contributed by atoms with Crippen molar-refractivity contribution in [2.24, 2.45) is 0 Å². The number of aromatic nitrogens is 3. The first kappa shape index (κ1) is 15.1. The summed E-state index contributed by atoms with van der Waals surface area (Å²) >= 11 is 0. The molecule has 0 spiro atoms. The molecule has 0 aliphatic carbocycles. The Kier molecular flexibility index (Phi) is 4.46. The molecule has 104 valence electrons. The van der Waals surface area contributed by atoms with Crippen LogP contribution in [0.25, 0.3) is 0 Å². The van der Waals surface area contributed by atoms with Crippen molar-refractivity contribution in [1.82, 2.24) is 19.5 Å². The summed E-state index contributed by atoms with van der Waals surface area (Å²) in [5.74, 6) is 0.100. The van der Waals surface area contributed by atoms with E-state index < -0.39 is 31.4 Å². The maximum atomic E-state index is 11.8. The molecule has 1 heterocycles. The quantitative estimate of drug-likeness (QED) is 0.714. The minimum Gasteiger partial charge on any atom is -0.263 e. The van der Waals surface area contributed by atoms with Crippen molar-refractivity contribution < 1.29 is 16.8 Å². The molecule has 0 aromatic carbocycles. The van der Waals surface area contributed by atoms with E-state index in [9.17, 15) is 16.8 Å². The van der Waals surface area contributed by atoms with Gasteiger partial charge in [0.25, 0.3) is 0 Å². The Balaban J connectivity index is 2.68. The number of sulfonamides is 1. The van der Waals surface area contributed by atoms with Crippen molar-refractivity contribution in [3.63, 3.8) is 0 Å². The van der Waals surface area contributed by atoms with E-state index in [4.69, 9.17) is 0 Å². The maximum absolute atomic E-state index is 11.8. The van der Waals surface area contributed by atoms with Gasteiger partial charge in [-0.2, -0.15) is 9.40 Å². The molecule has 0 atom stereocenters. The lowest BCUT2D eigenvalue weighted by atomic mass is 10.6. The summed E-state index contributed by atoms with van der Waals surface area (Å²) < 4.78 is 46.5. The van der Waals surface area contributed by atoms with Gasteiger partial charge in [-0.15, -0.1) is 0 Å². The number of nitrogens with zero attached hydrogens (tertiary/aromatic N) is 3. The summed E-state index contributed by atoms with van der Waals surface area (Å²) in [6, 6.07) is 0. The third kappa shape index (κ3) is 4.70. The van der Waals surface area contributed by atoms with Gasteiger partial charge >= 0.3 is 0 Å². The second-order valence-electron chi connectivity index (χ2n) is 4.04. The zero-order chi connectivity index (χ0) is 14.0. The van der Waals surface area contributed by atoms with Gasteiger partial charge in [-0.05, 0) is 6.92 Å². The molecule has 1 aromatic heterocycles. The summed E-state index contributed by atoms with van der Waals surface area (Å²) in [6.45, 7) is 1.71. The Hall–Kier alpha value is -1.00. The van der Waals surface area contributed by atoms with Crippen molar-refractivity contribution in [3.8, 4) is 0 Å². The lowest BCUT2D eigenvalue weighted by molar-refractivity contribution is 0.458. The van der Waals surface area contributed by atoms with Gasteiger partial charge in [-0.1, -0.05) is 0 Å². The fourth-order valence-corrected chi connectivity index (χ4v) is 3.85. The third-order valence-corrected chi connectivity index (χ3v) is 5.20. The smallest absolute Gasteiger partial charge is 0.215 e. The van der Waals surface area contributed by atoms with E-state index in [-0.39, 0.29) is 6.54 Å². The monoisotopic (exact) mass is 296 g/mol. The van der Waals surface area contributed by atoms with Crippen LogP contribution in [0.4, 0.5) is 0 Å². The van der Waals surface area contributed by atoms with Gasteiger partial charge in [-0.25, -0.2) is 21.8 Å². The van der Waals surface area contributed by atoms with Crippen LogP contribution in [-0.4, -0.2) is 61.1 Å². The third-order valence-electron chi connectivity index (χ3n) is 2.19. The molecule has 0 aliphatic rings. The molecule has 1 rings (SSSR count). The van der Waals surface area contributed by atoms with E-state index in [0.717, 1.165) is 10.6 Å². The molecular formula is C8H16N4O4S2. The van der Waals surface area contributed by atoms with Crippen LogP contribution >= 0.6 is 0 Å².